The van der Waals surface area contributed by atoms with Gasteiger partial charge in [0.25, 0.3) is 5.91 Å². The highest BCUT2D eigenvalue weighted by atomic mass is 35.5. The first-order valence-electron chi connectivity index (χ1n) is 5.84. The van der Waals surface area contributed by atoms with E-state index in [4.69, 9.17) is 21.4 Å². The second kappa shape index (κ2) is 6.99. The Morgan fingerprint density at radius 1 is 1.42 bits per heavy atom. The van der Waals surface area contributed by atoms with E-state index in [1.165, 1.54) is 12.0 Å². The van der Waals surface area contributed by atoms with Gasteiger partial charge in [0, 0.05) is 18.1 Å². The van der Waals surface area contributed by atoms with Crippen LogP contribution in [0.3, 0.4) is 0 Å². The number of carbonyl (C=O) groups excluding carboxylic acids is 1. The first kappa shape index (κ1) is 15.3. The number of ether oxygens (including phenoxy) is 1. The minimum Gasteiger partial charge on any atom is -0.496 e. The Balaban J connectivity index is 2.93. The van der Waals surface area contributed by atoms with Crippen molar-refractivity contribution < 1.29 is 19.4 Å². The van der Waals surface area contributed by atoms with Crippen LogP contribution >= 0.6 is 11.6 Å². The monoisotopic (exact) mass is 285 g/mol. The van der Waals surface area contributed by atoms with Crippen LogP contribution in [0.2, 0.25) is 5.02 Å². The van der Waals surface area contributed by atoms with Gasteiger partial charge in [-0.15, -0.1) is 0 Å². The van der Waals surface area contributed by atoms with Crippen LogP contribution in [0.1, 0.15) is 23.7 Å². The van der Waals surface area contributed by atoms with E-state index in [1.807, 2.05) is 0 Å². The molecule has 1 amide bonds. The Morgan fingerprint density at radius 3 is 2.63 bits per heavy atom. The molecule has 0 aliphatic heterocycles. The van der Waals surface area contributed by atoms with Gasteiger partial charge in [-0.25, -0.2) is 0 Å². The summed E-state index contributed by atoms with van der Waals surface area (Å²) >= 11 is 5.83. The van der Waals surface area contributed by atoms with Gasteiger partial charge in [-0.1, -0.05) is 11.6 Å². The molecule has 0 spiro atoms. The van der Waals surface area contributed by atoms with Crippen LogP contribution in [0.4, 0.5) is 0 Å². The smallest absolute Gasteiger partial charge is 0.305 e. The molecule has 1 N–H and O–H groups in total. The highest BCUT2D eigenvalue weighted by Gasteiger charge is 2.19. The molecule has 19 heavy (non-hydrogen) atoms. The number of amides is 1. The third-order valence-corrected chi connectivity index (χ3v) is 2.89. The number of hydrogen-bond donors (Lipinski definition) is 1. The molecule has 0 fully saturated rings. The lowest BCUT2D eigenvalue weighted by atomic mass is 10.1. The minimum absolute atomic E-state index is 0.0878. The summed E-state index contributed by atoms with van der Waals surface area (Å²) in [5.41, 5.74) is 0.374. The number of aliphatic carboxylic acids is 1. The third-order valence-electron chi connectivity index (χ3n) is 2.66. The highest BCUT2D eigenvalue weighted by molar-refractivity contribution is 6.30. The van der Waals surface area contributed by atoms with Gasteiger partial charge >= 0.3 is 5.97 Å². The maximum absolute atomic E-state index is 12.3. The van der Waals surface area contributed by atoms with Crippen LogP contribution in [0.5, 0.6) is 5.75 Å². The molecule has 104 valence electrons. The molecule has 0 aromatic heterocycles. The first-order chi connectivity index (χ1) is 8.99. The van der Waals surface area contributed by atoms with Gasteiger partial charge in [-0.05, 0) is 25.1 Å². The fraction of sp³-hybridized carbons (Fsp3) is 0.385. The van der Waals surface area contributed by atoms with Crippen molar-refractivity contribution in [1.82, 2.24) is 4.90 Å². The predicted molar refractivity (Wildman–Crippen MR) is 71.8 cm³/mol. The molecule has 0 saturated carbocycles. The van der Waals surface area contributed by atoms with Crippen LogP contribution in [0.15, 0.2) is 18.2 Å². The standard InChI is InChI=1S/C13H16ClNO4/c1-3-15(7-6-12(16)17)13(18)10-5-4-9(14)8-11(10)19-2/h4-5,8H,3,6-7H2,1-2H3,(H,16,17). The zero-order valence-electron chi connectivity index (χ0n) is 10.9. The quantitative estimate of drug-likeness (QED) is 0.871. The van der Waals surface area contributed by atoms with Gasteiger partial charge in [0.15, 0.2) is 0 Å². The zero-order valence-corrected chi connectivity index (χ0v) is 11.6. The number of carboxylic acid groups (broad SMARTS) is 1. The summed E-state index contributed by atoms with van der Waals surface area (Å²) < 4.78 is 5.12. The van der Waals surface area contributed by atoms with E-state index in [0.717, 1.165) is 0 Å². The van der Waals surface area contributed by atoms with Crippen LogP contribution in [-0.2, 0) is 4.79 Å². The van der Waals surface area contributed by atoms with Gasteiger partial charge in [0.2, 0.25) is 0 Å². The van der Waals surface area contributed by atoms with Crippen molar-refractivity contribution in [2.24, 2.45) is 0 Å². The molecule has 0 saturated heterocycles. The molecule has 0 radical (unpaired) electrons. The van der Waals surface area contributed by atoms with Gasteiger partial charge in [-0.3, -0.25) is 9.59 Å². The molecule has 1 aromatic carbocycles. The number of rotatable bonds is 6. The summed E-state index contributed by atoms with van der Waals surface area (Å²) in [6, 6.07) is 4.73. The number of hydrogen-bond acceptors (Lipinski definition) is 3. The Morgan fingerprint density at radius 2 is 2.11 bits per heavy atom. The molecule has 6 heteroatoms. The molecule has 0 aliphatic rings. The fourth-order valence-corrected chi connectivity index (χ4v) is 1.81. The summed E-state index contributed by atoms with van der Waals surface area (Å²) in [5.74, 6) is -0.821. The molecule has 0 heterocycles. The van der Waals surface area contributed by atoms with Crippen molar-refractivity contribution in [2.75, 3.05) is 20.2 Å². The normalized spacial score (nSPS) is 10.1. The van der Waals surface area contributed by atoms with Crippen LogP contribution < -0.4 is 4.74 Å². The van der Waals surface area contributed by atoms with Crippen molar-refractivity contribution in [2.45, 2.75) is 13.3 Å². The lowest BCUT2D eigenvalue weighted by Gasteiger charge is -2.21. The molecule has 0 bridgehead atoms. The highest BCUT2D eigenvalue weighted by Crippen LogP contribution is 2.24. The van der Waals surface area contributed by atoms with Crippen molar-refractivity contribution in [3.8, 4) is 5.75 Å². The lowest BCUT2D eigenvalue weighted by Crippen LogP contribution is -2.33. The molecule has 0 atom stereocenters. The number of carboxylic acids is 1. The average molecular weight is 286 g/mol. The Kier molecular flexibility index (Phi) is 5.63. The van der Waals surface area contributed by atoms with E-state index in [0.29, 0.717) is 22.9 Å². The Bertz CT molecular complexity index is 476. The fourth-order valence-electron chi connectivity index (χ4n) is 1.65. The molecule has 5 nitrogen and oxygen atoms in total. The Labute approximate surface area is 116 Å². The zero-order chi connectivity index (χ0) is 14.4. The Hall–Kier alpha value is -1.75. The summed E-state index contributed by atoms with van der Waals surface area (Å²) in [6.45, 7) is 2.39. The molecule has 0 unspecified atom stereocenters. The maximum atomic E-state index is 12.3. The van der Waals surface area contributed by atoms with E-state index in [-0.39, 0.29) is 18.9 Å². The predicted octanol–water partition coefficient (Wildman–Crippen LogP) is 2.29. The van der Waals surface area contributed by atoms with E-state index >= 15 is 0 Å². The topological polar surface area (TPSA) is 66.8 Å². The second-order valence-electron chi connectivity index (χ2n) is 3.87. The number of nitrogens with zero attached hydrogens (tertiary/aromatic N) is 1. The average Bonchev–Trinajstić information content (AvgIpc) is 2.38. The molecule has 0 aliphatic carbocycles. The summed E-state index contributed by atoms with van der Waals surface area (Å²) in [7, 11) is 1.45. The van der Waals surface area contributed by atoms with Crippen LogP contribution in [-0.4, -0.2) is 42.1 Å². The van der Waals surface area contributed by atoms with E-state index < -0.39 is 5.97 Å². The van der Waals surface area contributed by atoms with Gasteiger partial charge in [-0.2, -0.15) is 0 Å². The summed E-state index contributed by atoms with van der Waals surface area (Å²) in [5, 5.41) is 9.14. The van der Waals surface area contributed by atoms with Crippen molar-refractivity contribution >= 4 is 23.5 Å². The van der Waals surface area contributed by atoms with Gasteiger partial charge in [0.05, 0.1) is 19.1 Å². The summed E-state index contributed by atoms with van der Waals surface area (Å²) in [4.78, 5) is 24.3. The van der Waals surface area contributed by atoms with E-state index in [9.17, 15) is 9.59 Å². The summed E-state index contributed by atoms with van der Waals surface area (Å²) in [6.07, 6.45) is -0.0878. The van der Waals surface area contributed by atoms with Crippen LogP contribution in [0, 0.1) is 0 Å². The third kappa shape index (κ3) is 4.13. The lowest BCUT2D eigenvalue weighted by molar-refractivity contribution is -0.137. The minimum atomic E-state index is -0.936. The number of methoxy groups -OCH3 is 1. The number of benzene rings is 1. The van der Waals surface area contributed by atoms with Gasteiger partial charge in [0.1, 0.15) is 5.75 Å². The molecular formula is C13H16ClNO4. The first-order valence-corrected chi connectivity index (χ1v) is 6.22. The molecule has 1 rings (SSSR count). The van der Waals surface area contributed by atoms with Crippen LogP contribution in [0.25, 0.3) is 0 Å². The van der Waals surface area contributed by atoms with E-state index in [2.05, 4.69) is 0 Å². The largest absolute Gasteiger partial charge is 0.496 e. The SMILES string of the molecule is CCN(CCC(=O)O)C(=O)c1ccc(Cl)cc1OC. The molecule has 1 aromatic rings. The number of halogens is 1. The van der Waals surface area contributed by atoms with Gasteiger partial charge < -0.3 is 14.7 Å². The number of carbonyl (C=O) groups is 2. The van der Waals surface area contributed by atoms with Crippen molar-refractivity contribution in [1.29, 1.82) is 0 Å². The van der Waals surface area contributed by atoms with Crippen molar-refractivity contribution in [3.05, 3.63) is 28.8 Å². The second-order valence-corrected chi connectivity index (χ2v) is 4.31. The maximum Gasteiger partial charge on any atom is 0.305 e. The van der Waals surface area contributed by atoms with Crippen molar-refractivity contribution in [3.63, 3.8) is 0 Å². The molecular weight excluding hydrogens is 270 g/mol. The van der Waals surface area contributed by atoms with E-state index in [1.54, 1.807) is 25.1 Å².